The van der Waals surface area contributed by atoms with Crippen LogP contribution in [0.1, 0.15) is 17.5 Å². The van der Waals surface area contributed by atoms with Crippen molar-refractivity contribution in [1.29, 1.82) is 0 Å². The van der Waals surface area contributed by atoms with Crippen molar-refractivity contribution in [3.63, 3.8) is 0 Å². The first-order valence-corrected chi connectivity index (χ1v) is 10.8. The van der Waals surface area contributed by atoms with Gasteiger partial charge in [0, 0.05) is 25.1 Å². The maximum absolute atomic E-state index is 12.7. The van der Waals surface area contributed by atoms with Gasteiger partial charge in [0.15, 0.2) is 6.10 Å². The molecule has 1 aliphatic heterocycles. The van der Waals surface area contributed by atoms with Crippen LogP contribution in [0.3, 0.4) is 0 Å². The van der Waals surface area contributed by atoms with Crippen molar-refractivity contribution in [2.75, 3.05) is 24.2 Å². The third-order valence-corrected chi connectivity index (χ3v) is 5.77. The Hall–Kier alpha value is -2.74. The molecule has 1 amide bonds. The molecule has 0 radical (unpaired) electrons. The zero-order valence-electron chi connectivity index (χ0n) is 16.1. The molecule has 0 aromatic heterocycles. The van der Waals surface area contributed by atoms with E-state index in [0.717, 1.165) is 17.4 Å². The first kappa shape index (κ1) is 20.0. The van der Waals surface area contributed by atoms with E-state index in [1.54, 1.807) is 19.2 Å². The van der Waals surface area contributed by atoms with Crippen LogP contribution in [0.25, 0.3) is 0 Å². The fourth-order valence-electron chi connectivity index (χ4n) is 3.16. The number of carbonyl (C=O) groups excluding carboxylic acids is 1. The minimum Gasteiger partial charge on any atom is -0.496 e. The number of carbonyl (C=O) groups is 1. The van der Waals surface area contributed by atoms with Gasteiger partial charge in [0.1, 0.15) is 11.5 Å². The van der Waals surface area contributed by atoms with E-state index in [-0.39, 0.29) is 18.9 Å². The SMILES string of the molecule is COc1ccccc1CNC(=O)[C@H]1CCN(S(C)(=O)=O)c2cc(C)ccc2O1. The summed E-state index contributed by atoms with van der Waals surface area (Å²) >= 11 is 0. The molecule has 2 aromatic carbocycles. The van der Waals surface area contributed by atoms with E-state index in [1.165, 1.54) is 4.31 Å². The number of hydrogen-bond acceptors (Lipinski definition) is 5. The van der Waals surface area contributed by atoms with Crippen LogP contribution in [0.5, 0.6) is 11.5 Å². The van der Waals surface area contributed by atoms with Crippen molar-refractivity contribution < 1.29 is 22.7 Å². The fraction of sp³-hybridized carbons (Fsp3) is 0.350. The Morgan fingerprint density at radius 2 is 2.04 bits per heavy atom. The van der Waals surface area contributed by atoms with E-state index in [1.807, 2.05) is 37.3 Å². The number of anilines is 1. The minimum atomic E-state index is -3.49. The summed E-state index contributed by atoms with van der Waals surface area (Å²) < 4.78 is 36.9. The lowest BCUT2D eigenvalue weighted by molar-refractivity contribution is -0.128. The second-order valence-corrected chi connectivity index (χ2v) is 8.64. The third kappa shape index (κ3) is 4.39. The third-order valence-electron chi connectivity index (χ3n) is 4.59. The van der Waals surface area contributed by atoms with Gasteiger partial charge in [-0.3, -0.25) is 9.10 Å². The second kappa shape index (κ2) is 8.10. The molecular formula is C20H24N2O5S. The predicted molar refractivity (Wildman–Crippen MR) is 107 cm³/mol. The standard InChI is InChI=1S/C20H24N2O5S/c1-14-8-9-18-16(12-14)22(28(3,24)25)11-10-19(27-18)20(23)21-13-15-6-4-5-7-17(15)26-2/h4-9,12,19H,10-11,13H2,1-3H3,(H,21,23)/t19-/m1/s1. The Labute approximate surface area is 165 Å². The number of rotatable bonds is 5. The molecule has 7 nitrogen and oxygen atoms in total. The summed E-state index contributed by atoms with van der Waals surface area (Å²) in [6, 6.07) is 12.7. The quantitative estimate of drug-likeness (QED) is 0.826. The highest BCUT2D eigenvalue weighted by Crippen LogP contribution is 2.35. The average molecular weight is 404 g/mol. The molecule has 1 heterocycles. The second-order valence-electron chi connectivity index (χ2n) is 6.73. The van der Waals surface area contributed by atoms with Crippen molar-refractivity contribution in [1.82, 2.24) is 5.32 Å². The van der Waals surface area contributed by atoms with Gasteiger partial charge in [-0.25, -0.2) is 8.42 Å². The molecule has 0 aliphatic carbocycles. The maximum Gasteiger partial charge on any atom is 0.261 e. The van der Waals surface area contributed by atoms with Gasteiger partial charge < -0.3 is 14.8 Å². The molecule has 3 rings (SSSR count). The highest BCUT2D eigenvalue weighted by Gasteiger charge is 2.31. The topological polar surface area (TPSA) is 84.9 Å². The molecule has 8 heteroatoms. The maximum atomic E-state index is 12.7. The summed E-state index contributed by atoms with van der Waals surface area (Å²) in [6.07, 6.45) is 0.614. The van der Waals surface area contributed by atoms with Gasteiger partial charge in [0.2, 0.25) is 10.0 Å². The van der Waals surface area contributed by atoms with Crippen LogP contribution >= 0.6 is 0 Å². The Bertz CT molecular complexity index is 974. The number of nitrogens with zero attached hydrogens (tertiary/aromatic N) is 1. The van der Waals surface area contributed by atoms with E-state index in [4.69, 9.17) is 9.47 Å². The van der Waals surface area contributed by atoms with Crippen molar-refractivity contribution in [2.45, 2.75) is 26.0 Å². The van der Waals surface area contributed by atoms with Crippen LogP contribution in [-0.2, 0) is 21.4 Å². The monoisotopic (exact) mass is 404 g/mol. The fourth-order valence-corrected chi connectivity index (χ4v) is 4.10. The highest BCUT2D eigenvalue weighted by molar-refractivity contribution is 7.92. The Morgan fingerprint density at radius 1 is 1.29 bits per heavy atom. The van der Waals surface area contributed by atoms with Gasteiger partial charge in [-0.15, -0.1) is 0 Å². The van der Waals surface area contributed by atoms with Gasteiger partial charge in [-0.1, -0.05) is 24.3 Å². The number of ether oxygens (including phenoxy) is 2. The van der Waals surface area contributed by atoms with E-state index < -0.39 is 16.1 Å². The van der Waals surface area contributed by atoms with Crippen molar-refractivity contribution in [3.05, 3.63) is 53.6 Å². The molecule has 28 heavy (non-hydrogen) atoms. The number of aryl methyl sites for hydroxylation is 1. The Kier molecular flexibility index (Phi) is 5.79. The van der Waals surface area contributed by atoms with Crippen molar-refractivity contribution >= 4 is 21.6 Å². The summed E-state index contributed by atoms with van der Waals surface area (Å²) in [5.74, 6) is 0.771. The smallest absolute Gasteiger partial charge is 0.261 e. The highest BCUT2D eigenvalue weighted by atomic mass is 32.2. The molecule has 2 aromatic rings. The molecule has 1 N–H and O–H groups in total. The molecule has 1 atom stereocenters. The predicted octanol–water partition coefficient (Wildman–Crippen LogP) is 2.24. The molecule has 0 spiro atoms. The first-order valence-electron chi connectivity index (χ1n) is 8.94. The molecule has 0 saturated heterocycles. The number of hydrogen-bond donors (Lipinski definition) is 1. The van der Waals surface area contributed by atoms with Crippen molar-refractivity contribution in [3.8, 4) is 11.5 Å². The number of amides is 1. The molecule has 150 valence electrons. The van der Waals surface area contributed by atoms with Gasteiger partial charge in [-0.2, -0.15) is 0 Å². The van der Waals surface area contributed by atoms with E-state index in [2.05, 4.69) is 5.32 Å². The van der Waals surface area contributed by atoms with Crippen molar-refractivity contribution in [2.24, 2.45) is 0 Å². The number of nitrogens with one attached hydrogen (secondary N) is 1. The molecule has 0 fully saturated rings. The molecular weight excluding hydrogens is 380 g/mol. The summed E-state index contributed by atoms with van der Waals surface area (Å²) in [4.78, 5) is 12.7. The summed E-state index contributed by atoms with van der Waals surface area (Å²) in [7, 11) is -1.91. The van der Waals surface area contributed by atoms with E-state index in [0.29, 0.717) is 23.7 Å². The summed E-state index contributed by atoms with van der Waals surface area (Å²) in [6.45, 7) is 2.34. The van der Waals surface area contributed by atoms with E-state index >= 15 is 0 Å². The molecule has 0 saturated carbocycles. The Balaban J connectivity index is 1.78. The normalized spacial score (nSPS) is 16.5. The summed E-state index contributed by atoms with van der Waals surface area (Å²) in [5.41, 5.74) is 2.22. The summed E-state index contributed by atoms with van der Waals surface area (Å²) in [5, 5.41) is 2.86. The van der Waals surface area contributed by atoms with Gasteiger partial charge in [0.25, 0.3) is 5.91 Å². The lowest BCUT2D eigenvalue weighted by Crippen LogP contribution is -2.39. The lowest BCUT2D eigenvalue weighted by atomic mass is 10.2. The average Bonchev–Trinajstić information content (AvgIpc) is 2.85. The molecule has 0 unspecified atom stereocenters. The number of sulfonamides is 1. The first-order chi connectivity index (χ1) is 13.3. The van der Waals surface area contributed by atoms with Crippen LogP contribution in [0.4, 0.5) is 5.69 Å². The zero-order chi connectivity index (χ0) is 20.3. The van der Waals surface area contributed by atoms with Gasteiger partial charge >= 0.3 is 0 Å². The number of fused-ring (bicyclic) bond motifs is 1. The largest absolute Gasteiger partial charge is 0.496 e. The zero-order valence-corrected chi connectivity index (χ0v) is 17.0. The number of methoxy groups -OCH3 is 1. The number of benzene rings is 2. The van der Waals surface area contributed by atoms with Crippen LogP contribution in [-0.4, -0.2) is 40.3 Å². The van der Waals surface area contributed by atoms with E-state index in [9.17, 15) is 13.2 Å². The molecule has 1 aliphatic rings. The van der Waals surface area contributed by atoms with Crippen LogP contribution in [0.2, 0.25) is 0 Å². The van der Waals surface area contributed by atoms with Crippen LogP contribution in [0, 0.1) is 6.92 Å². The lowest BCUT2D eigenvalue weighted by Gasteiger charge is -2.21. The number of para-hydroxylation sites is 1. The minimum absolute atomic E-state index is 0.169. The van der Waals surface area contributed by atoms with Gasteiger partial charge in [0.05, 0.1) is 19.1 Å². The molecule has 0 bridgehead atoms. The van der Waals surface area contributed by atoms with Crippen LogP contribution in [0.15, 0.2) is 42.5 Å². The Morgan fingerprint density at radius 3 is 2.75 bits per heavy atom. The van der Waals surface area contributed by atoms with Crippen LogP contribution < -0.4 is 19.1 Å². The van der Waals surface area contributed by atoms with Gasteiger partial charge in [-0.05, 0) is 30.7 Å².